The first kappa shape index (κ1) is 23.9. The number of aromatic nitrogens is 2. The molecule has 36 heavy (non-hydrogen) atoms. The first-order valence-corrected chi connectivity index (χ1v) is 12.9. The average Bonchev–Trinajstić information content (AvgIpc) is 3.46. The molecule has 0 radical (unpaired) electrons. The molecule has 1 N–H and O–H groups in total. The maximum Gasteiger partial charge on any atom is 0.273 e. The molecule has 1 amide bonds. The van der Waals surface area contributed by atoms with E-state index in [0.717, 1.165) is 47.6 Å². The number of aryl methyl sites for hydroxylation is 1. The van der Waals surface area contributed by atoms with Crippen LogP contribution in [-0.2, 0) is 6.42 Å². The van der Waals surface area contributed by atoms with Crippen molar-refractivity contribution in [2.45, 2.75) is 45.6 Å². The zero-order valence-corrected chi connectivity index (χ0v) is 21.0. The Morgan fingerprint density at radius 1 is 0.944 bits per heavy atom. The fourth-order valence-electron chi connectivity index (χ4n) is 4.89. The van der Waals surface area contributed by atoms with Gasteiger partial charge in [-0.15, -0.1) is 0 Å². The molecule has 1 unspecified atom stereocenters. The van der Waals surface area contributed by atoms with Crippen molar-refractivity contribution in [2.75, 3.05) is 13.2 Å². The number of H-pyrrole nitrogens is 1. The minimum absolute atomic E-state index is 0.00307. The topological polar surface area (TPSA) is 58.2 Å². The summed E-state index contributed by atoms with van der Waals surface area (Å²) in [5, 5.41) is 7.66. The highest BCUT2D eigenvalue weighted by atomic mass is 16.5. The standard InChI is InChI=1S/C31H33N3O2/c1-3-4-8-21-36-26-17-15-25(16-18-26)30-27-28(24-13-11-22(2)12-14-24)32-33-29(27)31(35)34(30)20-19-23-9-6-5-7-10-23/h5-7,9-18,30H,3-4,8,19-21H2,1-2H3,(H,32,33). The van der Waals surface area contributed by atoms with Crippen LogP contribution in [0.5, 0.6) is 5.75 Å². The van der Waals surface area contributed by atoms with Gasteiger partial charge in [-0.25, -0.2) is 0 Å². The Bertz CT molecular complexity index is 1290. The highest BCUT2D eigenvalue weighted by Crippen LogP contribution is 2.43. The van der Waals surface area contributed by atoms with Gasteiger partial charge in [-0.3, -0.25) is 9.89 Å². The minimum Gasteiger partial charge on any atom is -0.494 e. The largest absolute Gasteiger partial charge is 0.494 e. The Morgan fingerprint density at radius 3 is 2.42 bits per heavy atom. The van der Waals surface area contributed by atoms with Gasteiger partial charge in [0.25, 0.3) is 5.91 Å². The number of carbonyl (C=O) groups excluding carboxylic acids is 1. The molecule has 5 nitrogen and oxygen atoms in total. The number of fused-ring (bicyclic) bond motifs is 1. The summed E-state index contributed by atoms with van der Waals surface area (Å²) in [6.45, 7) is 5.61. The highest BCUT2D eigenvalue weighted by molar-refractivity contribution is 6.00. The zero-order chi connectivity index (χ0) is 24.9. The number of hydrogen-bond acceptors (Lipinski definition) is 3. The number of rotatable bonds is 10. The fourth-order valence-corrected chi connectivity index (χ4v) is 4.89. The van der Waals surface area contributed by atoms with Crippen LogP contribution in [-0.4, -0.2) is 34.2 Å². The lowest BCUT2D eigenvalue weighted by Crippen LogP contribution is -2.31. The van der Waals surface area contributed by atoms with E-state index in [1.165, 1.54) is 24.0 Å². The smallest absolute Gasteiger partial charge is 0.273 e. The first-order valence-electron chi connectivity index (χ1n) is 12.9. The molecule has 0 saturated heterocycles. The minimum atomic E-state index is -0.208. The van der Waals surface area contributed by atoms with E-state index in [2.05, 4.69) is 72.6 Å². The van der Waals surface area contributed by atoms with Crippen LogP contribution < -0.4 is 4.74 Å². The molecule has 1 aliphatic rings. The van der Waals surface area contributed by atoms with Crippen molar-refractivity contribution in [1.29, 1.82) is 0 Å². The van der Waals surface area contributed by atoms with E-state index in [-0.39, 0.29) is 11.9 Å². The maximum atomic E-state index is 13.6. The summed E-state index contributed by atoms with van der Waals surface area (Å²) in [4.78, 5) is 15.6. The number of nitrogens with zero attached hydrogens (tertiary/aromatic N) is 2. The second-order valence-corrected chi connectivity index (χ2v) is 9.49. The lowest BCUT2D eigenvalue weighted by molar-refractivity contribution is 0.0746. The summed E-state index contributed by atoms with van der Waals surface area (Å²) < 4.78 is 5.94. The number of ether oxygens (including phenoxy) is 1. The molecule has 184 valence electrons. The Morgan fingerprint density at radius 2 is 1.69 bits per heavy atom. The number of amides is 1. The van der Waals surface area contributed by atoms with E-state index in [1.54, 1.807) is 0 Å². The summed E-state index contributed by atoms with van der Waals surface area (Å²) in [5.41, 5.74) is 6.86. The van der Waals surface area contributed by atoms with Crippen LogP contribution in [0.4, 0.5) is 0 Å². The lowest BCUT2D eigenvalue weighted by atomic mass is 9.95. The van der Waals surface area contributed by atoms with Gasteiger partial charge in [-0.1, -0.05) is 92.1 Å². The van der Waals surface area contributed by atoms with Gasteiger partial charge >= 0.3 is 0 Å². The van der Waals surface area contributed by atoms with Gasteiger partial charge in [0.2, 0.25) is 0 Å². The molecule has 4 aromatic rings. The lowest BCUT2D eigenvalue weighted by Gasteiger charge is -2.26. The van der Waals surface area contributed by atoms with Crippen molar-refractivity contribution >= 4 is 5.91 Å². The number of carbonyl (C=O) groups is 1. The average molecular weight is 480 g/mol. The van der Waals surface area contributed by atoms with Crippen LogP contribution in [0.3, 0.4) is 0 Å². The molecule has 0 saturated carbocycles. The quantitative estimate of drug-likeness (QED) is 0.256. The number of benzene rings is 3. The second-order valence-electron chi connectivity index (χ2n) is 9.49. The van der Waals surface area contributed by atoms with Gasteiger partial charge in [0.1, 0.15) is 11.4 Å². The molecule has 0 bridgehead atoms. The normalized spacial score (nSPS) is 14.8. The Hall–Kier alpha value is -3.86. The van der Waals surface area contributed by atoms with Crippen LogP contribution in [0.1, 0.15) is 65.0 Å². The monoisotopic (exact) mass is 479 g/mol. The summed E-state index contributed by atoms with van der Waals surface area (Å²) in [6.07, 6.45) is 4.19. The predicted molar refractivity (Wildman–Crippen MR) is 143 cm³/mol. The molecule has 1 aromatic heterocycles. The van der Waals surface area contributed by atoms with Crippen molar-refractivity contribution in [3.63, 3.8) is 0 Å². The molecule has 0 aliphatic carbocycles. The molecule has 5 heteroatoms. The Balaban J connectivity index is 1.47. The van der Waals surface area contributed by atoms with Crippen molar-refractivity contribution in [3.05, 3.63) is 107 Å². The first-order chi connectivity index (χ1) is 17.7. The van der Waals surface area contributed by atoms with E-state index in [9.17, 15) is 4.79 Å². The van der Waals surface area contributed by atoms with E-state index in [0.29, 0.717) is 12.2 Å². The summed E-state index contributed by atoms with van der Waals surface area (Å²) in [7, 11) is 0. The van der Waals surface area contributed by atoms with Crippen LogP contribution in [0.2, 0.25) is 0 Å². The Kier molecular flexibility index (Phi) is 7.17. The van der Waals surface area contributed by atoms with Gasteiger partial charge < -0.3 is 9.64 Å². The zero-order valence-electron chi connectivity index (χ0n) is 21.0. The molecule has 1 aliphatic heterocycles. The maximum absolute atomic E-state index is 13.6. The van der Waals surface area contributed by atoms with Crippen molar-refractivity contribution < 1.29 is 9.53 Å². The molecule has 3 aromatic carbocycles. The SMILES string of the molecule is CCCCCOc1ccc(C2c3c(-c4ccc(C)cc4)n[nH]c3C(=O)N2CCc2ccccc2)cc1. The van der Waals surface area contributed by atoms with E-state index < -0.39 is 0 Å². The van der Waals surface area contributed by atoms with Gasteiger partial charge in [0, 0.05) is 17.7 Å². The number of aromatic amines is 1. The third-order valence-electron chi connectivity index (χ3n) is 6.89. The molecule has 0 spiro atoms. The summed E-state index contributed by atoms with van der Waals surface area (Å²) in [6, 6.07) is 26.6. The summed E-state index contributed by atoms with van der Waals surface area (Å²) in [5.74, 6) is 0.859. The number of nitrogens with one attached hydrogen (secondary N) is 1. The Labute approximate surface area is 213 Å². The van der Waals surface area contributed by atoms with Crippen molar-refractivity contribution in [1.82, 2.24) is 15.1 Å². The van der Waals surface area contributed by atoms with Crippen molar-refractivity contribution in [3.8, 4) is 17.0 Å². The van der Waals surface area contributed by atoms with Crippen LogP contribution >= 0.6 is 0 Å². The number of unbranched alkanes of at least 4 members (excludes halogenated alkanes) is 2. The van der Waals surface area contributed by atoms with Gasteiger partial charge in [-0.2, -0.15) is 5.10 Å². The molecule has 2 heterocycles. The molecule has 1 atom stereocenters. The van der Waals surface area contributed by atoms with E-state index >= 15 is 0 Å². The van der Waals surface area contributed by atoms with E-state index in [1.807, 2.05) is 35.2 Å². The fraction of sp³-hybridized carbons (Fsp3) is 0.290. The van der Waals surface area contributed by atoms with Gasteiger partial charge in [-0.05, 0) is 43.0 Å². The van der Waals surface area contributed by atoms with Gasteiger partial charge in [0.05, 0.1) is 18.3 Å². The van der Waals surface area contributed by atoms with E-state index in [4.69, 9.17) is 4.74 Å². The van der Waals surface area contributed by atoms with Crippen molar-refractivity contribution in [2.24, 2.45) is 0 Å². The molecular formula is C31H33N3O2. The van der Waals surface area contributed by atoms with Crippen LogP contribution in [0, 0.1) is 6.92 Å². The molecular weight excluding hydrogens is 446 g/mol. The third-order valence-corrected chi connectivity index (χ3v) is 6.89. The molecule has 5 rings (SSSR count). The molecule has 0 fully saturated rings. The van der Waals surface area contributed by atoms with Crippen LogP contribution in [0.25, 0.3) is 11.3 Å². The second kappa shape index (κ2) is 10.8. The van der Waals surface area contributed by atoms with Crippen LogP contribution in [0.15, 0.2) is 78.9 Å². The van der Waals surface area contributed by atoms with Gasteiger partial charge in [0.15, 0.2) is 0 Å². The third kappa shape index (κ3) is 4.92. The highest BCUT2D eigenvalue weighted by Gasteiger charge is 2.41. The number of hydrogen-bond donors (Lipinski definition) is 1. The summed E-state index contributed by atoms with van der Waals surface area (Å²) >= 11 is 0. The predicted octanol–water partition coefficient (Wildman–Crippen LogP) is 6.74.